The minimum atomic E-state index is -4.06. The summed E-state index contributed by atoms with van der Waals surface area (Å²) in [7, 11) is -4.06. The zero-order valence-electron chi connectivity index (χ0n) is 19.1. The van der Waals surface area contributed by atoms with Crippen molar-refractivity contribution in [1.82, 2.24) is 4.98 Å². The number of para-hydroxylation sites is 1. The first-order chi connectivity index (χ1) is 18.2. The van der Waals surface area contributed by atoms with E-state index in [0.29, 0.717) is 32.2 Å². The van der Waals surface area contributed by atoms with E-state index in [1.54, 1.807) is 42.5 Å². The number of carbonyl (C=O) groups is 1. The fourth-order valence-electron chi connectivity index (χ4n) is 3.46. The number of ether oxygens (including phenoxy) is 1. The van der Waals surface area contributed by atoms with Gasteiger partial charge in [0.2, 0.25) is 0 Å². The molecule has 4 aromatic carbocycles. The Morgan fingerprint density at radius 3 is 2.34 bits per heavy atom. The first kappa shape index (κ1) is 26.3. The van der Waals surface area contributed by atoms with Gasteiger partial charge in [-0.25, -0.2) is 13.4 Å². The lowest BCUT2D eigenvalue weighted by Crippen LogP contribution is -2.18. The van der Waals surface area contributed by atoms with E-state index in [4.69, 9.17) is 39.5 Å². The van der Waals surface area contributed by atoms with Gasteiger partial charge < -0.3 is 4.74 Å². The van der Waals surface area contributed by atoms with Crippen LogP contribution in [0.15, 0.2) is 89.8 Å². The first-order valence-corrected chi connectivity index (χ1v) is 14.3. The maximum atomic E-state index is 13.1. The number of carbonyl (C=O) groups excluding carboxylic acids is 1. The molecule has 192 valence electrons. The monoisotopic (exact) mass is 603 g/mol. The Labute approximate surface area is 237 Å². The number of nitrogens with zero attached hydrogens (tertiary/aromatic N) is 1. The van der Waals surface area contributed by atoms with Crippen LogP contribution >= 0.6 is 46.1 Å². The van der Waals surface area contributed by atoms with Crippen molar-refractivity contribution in [2.75, 3.05) is 10.0 Å². The van der Waals surface area contributed by atoms with Gasteiger partial charge in [0.15, 0.2) is 5.13 Å². The Bertz CT molecular complexity index is 1770. The average molecular weight is 605 g/mol. The maximum Gasteiger partial charge on any atom is 0.261 e. The van der Waals surface area contributed by atoms with Crippen LogP contribution in [0.3, 0.4) is 0 Å². The molecule has 0 saturated carbocycles. The molecule has 2 N–H and O–H groups in total. The van der Waals surface area contributed by atoms with Gasteiger partial charge in [-0.2, -0.15) is 0 Å². The Morgan fingerprint density at radius 2 is 1.58 bits per heavy atom. The molecule has 0 saturated heterocycles. The van der Waals surface area contributed by atoms with Crippen molar-refractivity contribution in [3.63, 3.8) is 0 Å². The summed E-state index contributed by atoms with van der Waals surface area (Å²) in [5.74, 6) is 0.260. The molecule has 7 nitrogen and oxygen atoms in total. The lowest BCUT2D eigenvalue weighted by molar-refractivity contribution is 0.102. The second kappa shape index (κ2) is 10.8. The van der Waals surface area contributed by atoms with Crippen molar-refractivity contribution in [1.29, 1.82) is 0 Å². The number of aromatic nitrogens is 1. The van der Waals surface area contributed by atoms with Crippen LogP contribution in [0, 0.1) is 0 Å². The average Bonchev–Trinajstić information content (AvgIpc) is 3.28. The van der Waals surface area contributed by atoms with Crippen molar-refractivity contribution in [2.24, 2.45) is 0 Å². The quantitative estimate of drug-likeness (QED) is 0.196. The number of hydrogen-bond donors (Lipinski definition) is 2. The molecular weight excluding hydrogens is 589 g/mol. The van der Waals surface area contributed by atoms with Crippen LogP contribution < -0.4 is 14.8 Å². The van der Waals surface area contributed by atoms with Crippen LogP contribution in [-0.2, 0) is 10.0 Å². The summed E-state index contributed by atoms with van der Waals surface area (Å²) in [4.78, 5) is 17.4. The number of nitrogens with one attached hydrogen (secondary N) is 2. The summed E-state index contributed by atoms with van der Waals surface area (Å²) in [5, 5.41) is 4.24. The largest absolute Gasteiger partial charge is 0.456 e. The van der Waals surface area contributed by atoms with Crippen molar-refractivity contribution < 1.29 is 17.9 Å². The van der Waals surface area contributed by atoms with Crippen LogP contribution in [0.25, 0.3) is 10.2 Å². The fourth-order valence-corrected chi connectivity index (χ4v) is 5.89. The van der Waals surface area contributed by atoms with E-state index < -0.39 is 15.9 Å². The summed E-state index contributed by atoms with van der Waals surface area (Å²) >= 11 is 19.5. The van der Waals surface area contributed by atoms with E-state index in [1.165, 1.54) is 53.8 Å². The highest BCUT2D eigenvalue weighted by molar-refractivity contribution is 7.92. The Balaban J connectivity index is 1.36. The summed E-state index contributed by atoms with van der Waals surface area (Å²) < 4.78 is 35.3. The Morgan fingerprint density at radius 1 is 0.868 bits per heavy atom. The number of thiazole rings is 1. The normalized spacial score (nSPS) is 11.3. The van der Waals surface area contributed by atoms with Crippen molar-refractivity contribution in [3.8, 4) is 11.5 Å². The number of amides is 1. The second-order valence-electron chi connectivity index (χ2n) is 7.88. The smallest absolute Gasteiger partial charge is 0.261 e. The molecule has 0 atom stereocenters. The highest BCUT2D eigenvalue weighted by atomic mass is 35.5. The number of hydrogen-bond acceptors (Lipinski definition) is 6. The van der Waals surface area contributed by atoms with Crippen LogP contribution in [0.5, 0.6) is 11.5 Å². The number of rotatable bonds is 7. The summed E-state index contributed by atoms with van der Waals surface area (Å²) in [6.07, 6.45) is 0. The predicted octanol–water partition coefficient (Wildman–Crippen LogP) is 8.10. The molecule has 1 heterocycles. The van der Waals surface area contributed by atoms with Crippen molar-refractivity contribution in [3.05, 3.63) is 106 Å². The minimum absolute atomic E-state index is 0.0250. The molecule has 1 amide bonds. The molecule has 0 spiro atoms. The van der Waals surface area contributed by atoms with Gasteiger partial charge in [0.05, 0.1) is 31.4 Å². The predicted molar refractivity (Wildman–Crippen MR) is 153 cm³/mol. The summed E-state index contributed by atoms with van der Waals surface area (Å²) in [6, 6.07) is 22.2. The minimum Gasteiger partial charge on any atom is -0.456 e. The van der Waals surface area contributed by atoms with Crippen LogP contribution in [0.4, 0.5) is 10.8 Å². The molecule has 0 aliphatic heterocycles. The molecule has 0 unspecified atom stereocenters. The number of fused-ring (bicyclic) bond motifs is 1. The van der Waals surface area contributed by atoms with E-state index in [-0.39, 0.29) is 21.2 Å². The number of anilines is 2. The van der Waals surface area contributed by atoms with Gasteiger partial charge in [0, 0.05) is 10.0 Å². The third-order valence-corrected chi connectivity index (χ3v) is 8.35. The van der Waals surface area contributed by atoms with Crippen molar-refractivity contribution in [2.45, 2.75) is 4.90 Å². The van der Waals surface area contributed by atoms with E-state index in [0.717, 1.165) is 4.70 Å². The molecule has 12 heteroatoms. The highest BCUT2D eigenvalue weighted by Crippen LogP contribution is 2.31. The van der Waals surface area contributed by atoms with Gasteiger partial charge in [-0.15, -0.1) is 0 Å². The van der Waals surface area contributed by atoms with Crippen LogP contribution in [0.2, 0.25) is 15.1 Å². The standard InChI is InChI=1S/C26H16Cl3N3O4S2/c27-15-5-11-21(19(13-15)25(33)31-26-30-22-14-16(28)6-12-24(22)37-26)32-38(34,35)18-9-7-17(8-10-18)36-23-4-2-1-3-20(23)29/h1-14,32H,(H,30,31,33). The molecule has 0 aliphatic rings. The van der Waals surface area contributed by atoms with Gasteiger partial charge >= 0.3 is 0 Å². The maximum absolute atomic E-state index is 13.1. The summed E-state index contributed by atoms with van der Waals surface area (Å²) in [6.45, 7) is 0. The lowest BCUT2D eigenvalue weighted by Gasteiger charge is -2.13. The second-order valence-corrected chi connectivity index (χ2v) is 11.9. The zero-order chi connectivity index (χ0) is 26.9. The highest BCUT2D eigenvalue weighted by Gasteiger charge is 2.21. The molecule has 38 heavy (non-hydrogen) atoms. The molecule has 0 aliphatic carbocycles. The SMILES string of the molecule is O=C(Nc1nc2cc(Cl)ccc2s1)c1cc(Cl)ccc1NS(=O)(=O)c1ccc(Oc2ccccc2Cl)cc1. The Hall–Kier alpha value is -3.34. The number of sulfonamides is 1. The van der Waals surface area contributed by atoms with E-state index in [2.05, 4.69) is 15.0 Å². The van der Waals surface area contributed by atoms with Gasteiger partial charge in [0.25, 0.3) is 15.9 Å². The summed E-state index contributed by atoms with van der Waals surface area (Å²) in [5.41, 5.74) is 0.705. The fraction of sp³-hybridized carbons (Fsp3) is 0. The molecule has 0 bridgehead atoms. The third-order valence-electron chi connectivity index (χ3n) is 5.24. The Kier molecular flexibility index (Phi) is 7.47. The van der Waals surface area contributed by atoms with Crippen LogP contribution in [-0.4, -0.2) is 19.3 Å². The zero-order valence-corrected chi connectivity index (χ0v) is 23.0. The lowest BCUT2D eigenvalue weighted by atomic mass is 10.1. The molecule has 5 rings (SSSR count). The van der Waals surface area contributed by atoms with E-state index >= 15 is 0 Å². The first-order valence-electron chi connectivity index (χ1n) is 10.9. The molecule has 0 radical (unpaired) electrons. The topological polar surface area (TPSA) is 97.4 Å². The van der Waals surface area contributed by atoms with Gasteiger partial charge in [-0.1, -0.05) is 58.3 Å². The van der Waals surface area contributed by atoms with E-state index in [9.17, 15) is 13.2 Å². The van der Waals surface area contributed by atoms with E-state index in [1.807, 2.05) is 0 Å². The van der Waals surface area contributed by atoms with Crippen molar-refractivity contribution >= 4 is 83.1 Å². The van der Waals surface area contributed by atoms with Gasteiger partial charge in [0.1, 0.15) is 11.5 Å². The third kappa shape index (κ3) is 5.87. The molecular formula is C26H16Cl3N3O4S2. The molecule has 1 aromatic heterocycles. The molecule has 0 fully saturated rings. The molecule has 5 aromatic rings. The van der Waals surface area contributed by atoms with Gasteiger partial charge in [-0.05, 0) is 72.8 Å². The number of benzene rings is 4. The number of halogens is 3. The van der Waals surface area contributed by atoms with Crippen LogP contribution in [0.1, 0.15) is 10.4 Å². The van der Waals surface area contributed by atoms with Gasteiger partial charge in [-0.3, -0.25) is 14.8 Å².